The van der Waals surface area contributed by atoms with Gasteiger partial charge in [-0.3, -0.25) is 24.1 Å². The highest BCUT2D eigenvalue weighted by Gasteiger charge is 2.59. The molecule has 2 aliphatic heterocycles. The molecule has 188 valence electrons. The first-order valence-electron chi connectivity index (χ1n) is 10.8. The van der Waals surface area contributed by atoms with Crippen LogP contribution >= 0.6 is 11.6 Å². The predicted octanol–water partition coefficient (Wildman–Crippen LogP) is 3.24. The van der Waals surface area contributed by atoms with Crippen LogP contribution in [0.15, 0.2) is 52.0 Å². The number of fused-ring (bicyclic) bond motifs is 2. The van der Waals surface area contributed by atoms with Gasteiger partial charge in [-0.1, -0.05) is 23.7 Å². The Kier molecular flexibility index (Phi) is 5.97. The highest BCUT2D eigenvalue weighted by molar-refractivity contribution is 6.33. The number of hydrogen-bond donors (Lipinski definition) is 1. The zero-order valence-corrected chi connectivity index (χ0v) is 19.3. The van der Waals surface area contributed by atoms with Gasteiger partial charge in [-0.25, -0.2) is 4.98 Å². The number of hydroxylamine groups is 2. The van der Waals surface area contributed by atoms with E-state index in [-0.39, 0.29) is 34.9 Å². The Labute approximate surface area is 206 Å². The molecular weight excluding hydrogens is 505 g/mol. The number of nitrogens with zero attached hydrogens (tertiary/aromatic N) is 3. The molecule has 2 aliphatic rings. The van der Waals surface area contributed by atoms with Crippen molar-refractivity contribution in [3.8, 4) is 0 Å². The third kappa shape index (κ3) is 4.00. The lowest BCUT2D eigenvalue weighted by atomic mass is 9.91. The molecule has 2 saturated heterocycles. The standard InChI is InChI=1S/C23H18ClF3N4O5/c1-30-17(13-10-35-15-5-3-2-4-12(15)18(13)32)16-19(36-30)22(34)31(21(16)33)7-6-28-20-14(24)8-11(9-29-20)23(25,26)27/h2-5,8-10,16-17,19H,6-7H2,1H3,(H,28,29)/t16-,17+,19+/m1/s1. The number of anilines is 1. The van der Waals surface area contributed by atoms with Gasteiger partial charge in [0.15, 0.2) is 11.5 Å². The van der Waals surface area contributed by atoms with Crippen molar-refractivity contribution in [3.05, 3.63) is 69.2 Å². The number of carbonyl (C=O) groups is 2. The van der Waals surface area contributed by atoms with Crippen molar-refractivity contribution in [1.29, 1.82) is 0 Å². The van der Waals surface area contributed by atoms with E-state index in [0.717, 1.165) is 11.0 Å². The molecule has 0 unspecified atom stereocenters. The molecule has 3 atom stereocenters. The number of nitrogens with one attached hydrogen (secondary N) is 1. The molecule has 3 aromatic rings. The second kappa shape index (κ2) is 8.87. The van der Waals surface area contributed by atoms with Gasteiger partial charge in [-0.2, -0.15) is 18.2 Å². The number of rotatable bonds is 5. The summed E-state index contributed by atoms with van der Waals surface area (Å²) in [6.07, 6.45) is -3.80. The van der Waals surface area contributed by atoms with E-state index < -0.39 is 41.6 Å². The zero-order valence-electron chi connectivity index (χ0n) is 18.6. The average Bonchev–Trinajstić information content (AvgIpc) is 3.28. The SMILES string of the molecule is CN1O[C@@H]2C(=O)N(CCNc3ncc(C(F)(F)F)cc3Cl)C(=O)[C@@H]2[C@@H]1c1coc2ccccc2c1=O. The van der Waals surface area contributed by atoms with Crippen LogP contribution in [0, 0.1) is 5.92 Å². The van der Waals surface area contributed by atoms with Gasteiger partial charge in [0.05, 0.1) is 39.8 Å². The molecule has 13 heteroatoms. The Morgan fingerprint density at radius 3 is 2.64 bits per heavy atom. The molecule has 5 rings (SSSR count). The number of imide groups is 1. The number of benzene rings is 1. The summed E-state index contributed by atoms with van der Waals surface area (Å²) in [5.74, 6) is -2.12. The van der Waals surface area contributed by atoms with Crippen molar-refractivity contribution in [3.63, 3.8) is 0 Å². The van der Waals surface area contributed by atoms with E-state index in [4.69, 9.17) is 20.9 Å². The van der Waals surface area contributed by atoms with Gasteiger partial charge in [-0.05, 0) is 18.2 Å². The molecule has 2 aromatic heterocycles. The summed E-state index contributed by atoms with van der Waals surface area (Å²) >= 11 is 5.89. The minimum atomic E-state index is -4.59. The Morgan fingerprint density at radius 2 is 1.92 bits per heavy atom. The second-order valence-corrected chi connectivity index (χ2v) is 8.77. The summed E-state index contributed by atoms with van der Waals surface area (Å²) in [4.78, 5) is 49.6. The van der Waals surface area contributed by atoms with Gasteiger partial charge in [0.1, 0.15) is 11.4 Å². The van der Waals surface area contributed by atoms with E-state index in [2.05, 4.69) is 10.3 Å². The molecule has 1 aromatic carbocycles. The van der Waals surface area contributed by atoms with Crippen LogP contribution in [-0.2, 0) is 20.6 Å². The third-order valence-corrected chi connectivity index (χ3v) is 6.51. The summed E-state index contributed by atoms with van der Waals surface area (Å²) < 4.78 is 44.0. The van der Waals surface area contributed by atoms with Crippen LogP contribution in [0.4, 0.5) is 19.0 Å². The molecule has 2 amide bonds. The minimum absolute atomic E-state index is 0.0202. The maximum atomic E-state index is 13.2. The van der Waals surface area contributed by atoms with Gasteiger partial charge >= 0.3 is 6.18 Å². The first kappa shape index (κ1) is 24.2. The third-order valence-electron chi connectivity index (χ3n) is 6.22. The molecule has 0 bridgehead atoms. The maximum absolute atomic E-state index is 13.2. The fourth-order valence-corrected chi connectivity index (χ4v) is 4.76. The molecule has 0 aliphatic carbocycles. The number of para-hydroxylation sites is 1. The van der Waals surface area contributed by atoms with E-state index in [9.17, 15) is 27.6 Å². The number of amides is 2. The monoisotopic (exact) mass is 522 g/mol. The van der Waals surface area contributed by atoms with Gasteiger partial charge in [-0.15, -0.1) is 0 Å². The molecule has 1 N–H and O–H groups in total. The fraction of sp³-hybridized carbons (Fsp3) is 0.304. The largest absolute Gasteiger partial charge is 0.464 e. The first-order valence-corrected chi connectivity index (χ1v) is 11.2. The van der Waals surface area contributed by atoms with E-state index in [0.29, 0.717) is 17.2 Å². The lowest BCUT2D eigenvalue weighted by Crippen LogP contribution is -2.39. The number of hydrogen-bond acceptors (Lipinski definition) is 8. The van der Waals surface area contributed by atoms with Gasteiger partial charge < -0.3 is 9.73 Å². The number of pyridine rings is 1. The van der Waals surface area contributed by atoms with Crippen LogP contribution in [0.2, 0.25) is 5.02 Å². The van der Waals surface area contributed by atoms with E-state index >= 15 is 0 Å². The maximum Gasteiger partial charge on any atom is 0.417 e. The molecule has 0 radical (unpaired) electrons. The van der Waals surface area contributed by atoms with Gasteiger partial charge in [0.25, 0.3) is 5.91 Å². The Balaban J connectivity index is 1.33. The van der Waals surface area contributed by atoms with E-state index in [1.54, 1.807) is 24.3 Å². The number of halogens is 4. The predicted molar refractivity (Wildman–Crippen MR) is 121 cm³/mol. The van der Waals surface area contributed by atoms with Crippen LogP contribution in [0.25, 0.3) is 11.0 Å². The van der Waals surface area contributed by atoms with Gasteiger partial charge in [0.2, 0.25) is 5.91 Å². The summed E-state index contributed by atoms with van der Waals surface area (Å²) in [5, 5.41) is 4.13. The number of alkyl halides is 3. The average molecular weight is 523 g/mol. The highest BCUT2D eigenvalue weighted by atomic mass is 35.5. The van der Waals surface area contributed by atoms with Crippen LogP contribution < -0.4 is 10.7 Å². The molecule has 0 spiro atoms. The smallest absolute Gasteiger partial charge is 0.417 e. The van der Waals surface area contributed by atoms with Crippen molar-refractivity contribution >= 4 is 40.2 Å². The highest BCUT2D eigenvalue weighted by Crippen LogP contribution is 2.43. The first-order chi connectivity index (χ1) is 17.1. The van der Waals surface area contributed by atoms with Crippen molar-refractivity contribution in [2.24, 2.45) is 5.92 Å². The topological polar surface area (TPSA) is 105 Å². The quantitative estimate of drug-likeness (QED) is 0.509. The molecule has 9 nitrogen and oxygen atoms in total. The lowest BCUT2D eigenvalue weighted by molar-refractivity contribution is -0.169. The van der Waals surface area contributed by atoms with Crippen molar-refractivity contribution in [1.82, 2.24) is 14.9 Å². The summed E-state index contributed by atoms with van der Waals surface area (Å²) in [7, 11) is 1.53. The summed E-state index contributed by atoms with van der Waals surface area (Å²) in [6, 6.07) is 6.56. The molecule has 2 fully saturated rings. The van der Waals surface area contributed by atoms with Crippen LogP contribution in [-0.4, -0.2) is 53.0 Å². The summed E-state index contributed by atoms with van der Waals surface area (Å²) in [6.45, 7) is -0.135. The van der Waals surface area contributed by atoms with E-state index in [1.165, 1.54) is 18.4 Å². The Bertz CT molecular complexity index is 1430. The summed E-state index contributed by atoms with van der Waals surface area (Å²) in [5.41, 5.74) is -0.755. The second-order valence-electron chi connectivity index (χ2n) is 8.37. The van der Waals surface area contributed by atoms with Crippen LogP contribution in [0.1, 0.15) is 17.2 Å². The minimum Gasteiger partial charge on any atom is -0.464 e. The van der Waals surface area contributed by atoms with Crippen LogP contribution in [0.5, 0.6) is 0 Å². The molecule has 36 heavy (non-hydrogen) atoms. The number of aromatic nitrogens is 1. The van der Waals surface area contributed by atoms with Crippen molar-refractivity contribution < 1.29 is 32.0 Å². The lowest BCUT2D eigenvalue weighted by Gasteiger charge is -2.23. The zero-order chi connectivity index (χ0) is 25.8. The van der Waals surface area contributed by atoms with Crippen LogP contribution in [0.3, 0.4) is 0 Å². The molecule has 4 heterocycles. The van der Waals surface area contributed by atoms with E-state index in [1.807, 2.05) is 0 Å². The number of carbonyl (C=O) groups excluding carboxylic acids is 2. The molecular formula is C23H18ClF3N4O5. The number of likely N-dealkylation sites (tertiary alicyclic amines) is 1. The Hall–Kier alpha value is -3.48. The van der Waals surface area contributed by atoms with Gasteiger partial charge in [0, 0.05) is 26.3 Å². The Morgan fingerprint density at radius 1 is 1.17 bits per heavy atom. The fourth-order valence-electron chi connectivity index (χ4n) is 4.52. The van der Waals surface area contributed by atoms with Crippen molar-refractivity contribution in [2.75, 3.05) is 25.5 Å². The van der Waals surface area contributed by atoms with Crippen molar-refractivity contribution in [2.45, 2.75) is 18.3 Å². The normalized spacial score (nSPS) is 22.5. The molecule has 0 saturated carbocycles.